The van der Waals surface area contributed by atoms with E-state index >= 15 is 0 Å². The summed E-state index contributed by atoms with van der Waals surface area (Å²) in [6, 6.07) is 8.60. The van der Waals surface area contributed by atoms with Crippen LogP contribution >= 0.6 is 11.6 Å². The van der Waals surface area contributed by atoms with Gasteiger partial charge in [0.2, 0.25) is 0 Å². The molecule has 1 nitrogen and oxygen atoms in total. The molecule has 0 saturated heterocycles. The highest BCUT2D eigenvalue weighted by Crippen LogP contribution is 2.26. The van der Waals surface area contributed by atoms with Crippen molar-refractivity contribution in [2.75, 3.05) is 6.54 Å². The minimum Gasteiger partial charge on any atom is -0.310 e. The summed E-state index contributed by atoms with van der Waals surface area (Å²) in [6.45, 7) is 5.40. The number of halogens is 1. The Morgan fingerprint density at radius 1 is 1.06 bits per heavy atom. The smallest absolute Gasteiger partial charge is 0.0453 e. The molecule has 0 aliphatic rings. The Kier molecular flexibility index (Phi) is 8.11. The highest BCUT2D eigenvalue weighted by molar-refractivity contribution is 6.31. The molecule has 0 fully saturated rings. The maximum Gasteiger partial charge on any atom is 0.0453 e. The second-order valence-electron chi connectivity index (χ2n) is 4.83. The molecule has 0 saturated carbocycles. The van der Waals surface area contributed by atoms with Crippen molar-refractivity contribution in [2.45, 2.75) is 58.4 Å². The fourth-order valence-electron chi connectivity index (χ4n) is 2.32. The molecule has 1 unspecified atom stereocenters. The van der Waals surface area contributed by atoms with Gasteiger partial charge in [-0.15, -0.1) is 0 Å². The second kappa shape index (κ2) is 9.41. The summed E-state index contributed by atoms with van der Waals surface area (Å²) in [6.07, 6.45) is 7.82. The molecule has 1 atom stereocenters. The lowest BCUT2D eigenvalue weighted by Crippen LogP contribution is -2.21. The van der Waals surface area contributed by atoms with E-state index in [0.29, 0.717) is 6.04 Å². The minimum absolute atomic E-state index is 0.408. The Bertz CT molecular complexity index is 325. The quantitative estimate of drug-likeness (QED) is 0.595. The molecular formula is C16H26ClN. The van der Waals surface area contributed by atoms with E-state index in [1.165, 1.54) is 44.1 Å². The van der Waals surface area contributed by atoms with Crippen LogP contribution < -0.4 is 5.32 Å². The van der Waals surface area contributed by atoms with Crippen molar-refractivity contribution < 1.29 is 0 Å². The number of hydrogen-bond acceptors (Lipinski definition) is 1. The summed E-state index contributed by atoms with van der Waals surface area (Å²) >= 11 is 6.28. The lowest BCUT2D eigenvalue weighted by atomic mass is 9.99. The Morgan fingerprint density at radius 2 is 1.78 bits per heavy atom. The molecule has 0 spiro atoms. The molecule has 0 heterocycles. The van der Waals surface area contributed by atoms with Gasteiger partial charge in [0.05, 0.1) is 0 Å². The van der Waals surface area contributed by atoms with E-state index in [4.69, 9.17) is 11.6 Å². The van der Waals surface area contributed by atoms with Gasteiger partial charge in [0, 0.05) is 11.1 Å². The number of hydrogen-bond donors (Lipinski definition) is 1. The van der Waals surface area contributed by atoms with E-state index in [9.17, 15) is 0 Å². The first-order valence-corrected chi connectivity index (χ1v) is 7.65. The molecule has 1 rings (SSSR count). The topological polar surface area (TPSA) is 12.0 Å². The second-order valence-corrected chi connectivity index (χ2v) is 5.24. The Morgan fingerprint density at radius 3 is 2.44 bits per heavy atom. The molecule has 0 bridgehead atoms. The molecular weight excluding hydrogens is 242 g/mol. The molecule has 0 aromatic heterocycles. The third-order valence-electron chi connectivity index (χ3n) is 3.33. The zero-order valence-corrected chi connectivity index (χ0v) is 12.5. The van der Waals surface area contributed by atoms with Crippen LogP contribution in [0.15, 0.2) is 24.3 Å². The predicted molar refractivity (Wildman–Crippen MR) is 81.2 cm³/mol. The number of nitrogens with one attached hydrogen (secondary N) is 1. The van der Waals surface area contributed by atoms with Crippen molar-refractivity contribution in [2.24, 2.45) is 0 Å². The molecule has 18 heavy (non-hydrogen) atoms. The van der Waals surface area contributed by atoms with E-state index in [1.54, 1.807) is 0 Å². The van der Waals surface area contributed by atoms with Crippen LogP contribution in [0.2, 0.25) is 5.02 Å². The molecule has 1 N–H and O–H groups in total. The SMILES string of the molecule is CCCCCCCC(NCC)c1ccccc1Cl. The monoisotopic (exact) mass is 267 g/mol. The fourth-order valence-corrected chi connectivity index (χ4v) is 2.59. The molecule has 0 aliphatic carbocycles. The summed E-state index contributed by atoms with van der Waals surface area (Å²) in [5, 5.41) is 4.43. The average molecular weight is 268 g/mol. The zero-order chi connectivity index (χ0) is 13.2. The first-order chi connectivity index (χ1) is 8.79. The van der Waals surface area contributed by atoms with Crippen LogP contribution in [0.1, 0.15) is 64.0 Å². The third-order valence-corrected chi connectivity index (χ3v) is 3.67. The van der Waals surface area contributed by atoms with Crippen LogP contribution in [0, 0.1) is 0 Å². The van der Waals surface area contributed by atoms with Crippen LogP contribution in [0.4, 0.5) is 0 Å². The van der Waals surface area contributed by atoms with Crippen molar-refractivity contribution >= 4 is 11.6 Å². The van der Waals surface area contributed by atoms with Gasteiger partial charge in [0.15, 0.2) is 0 Å². The maximum absolute atomic E-state index is 6.28. The van der Waals surface area contributed by atoms with E-state index in [1.807, 2.05) is 12.1 Å². The summed E-state index contributed by atoms with van der Waals surface area (Å²) in [5.41, 5.74) is 1.25. The summed E-state index contributed by atoms with van der Waals surface area (Å²) in [7, 11) is 0. The average Bonchev–Trinajstić information content (AvgIpc) is 2.38. The number of benzene rings is 1. The van der Waals surface area contributed by atoms with E-state index < -0.39 is 0 Å². The van der Waals surface area contributed by atoms with Gasteiger partial charge in [-0.1, -0.05) is 75.8 Å². The Balaban J connectivity index is 2.47. The van der Waals surface area contributed by atoms with E-state index in [-0.39, 0.29) is 0 Å². The number of unbranched alkanes of at least 4 members (excludes halogenated alkanes) is 4. The molecule has 1 aromatic carbocycles. The van der Waals surface area contributed by atoms with Gasteiger partial charge >= 0.3 is 0 Å². The van der Waals surface area contributed by atoms with Gasteiger partial charge in [-0.05, 0) is 24.6 Å². The van der Waals surface area contributed by atoms with Gasteiger partial charge in [-0.3, -0.25) is 0 Å². The van der Waals surface area contributed by atoms with Crippen molar-refractivity contribution in [1.29, 1.82) is 0 Å². The summed E-state index contributed by atoms with van der Waals surface area (Å²) < 4.78 is 0. The normalized spacial score (nSPS) is 12.6. The largest absolute Gasteiger partial charge is 0.310 e. The summed E-state index contributed by atoms with van der Waals surface area (Å²) in [5.74, 6) is 0. The highest BCUT2D eigenvalue weighted by atomic mass is 35.5. The Hall–Kier alpha value is -0.530. The van der Waals surface area contributed by atoms with Crippen LogP contribution in [-0.2, 0) is 0 Å². The first kappa shape index (κ1) is 15.5. The van der Waals surface area contributed by atoms with Gasteiger partial charge < -0.3 is 5.32 Å². The number of rotatable bonds is 9. The van der Waals surface area contributed by atoms with Crippen LogP contribution in [-0.4, -0.2) is 6.54 Å². The summed E-state index contributed by atoms with van der Waals surface area (Å²) in [4.78, 5) is 0. The van der Waals surface area contributed by atoms with Crippen molar-refractivity contribution in [3.05, 3.63) is 34.9 Å². The van der Waals surface area contributed by atoms with Gasteiger partial charge in [-0.25, -0.2) is 0 Å². The molecule has 0 radical (unpaired) electrons. The van der Waals surface area contributed by atoms with Crippen LogP contribution in [0.3, 0.4) is 0 Å². The molecule has 0 amide bonds. The standard InChI is InChI=1S/C16H26ClN/c1-3-5-6-7-8-13-16(18-4-2)14-11-9-10-12-15(14)17/h9-12,16,18H,3-8,13H2,1-2H3. The first-order valence-electron chi connectivity index (χ1n) is 7.27. The Labute approximate surface area is 117 Å². The molecule has 2 heteroatoms. The fraction of sp³-hybridized carbons (Fsp3) is 0.625. The van der Waals surface area contributed by atoms with Gasteiger partial charge in [0.1, 0.15) is 0 Å². The minimum atomic E-state index is 0.408. The van der Waals surface area contributed by atoms with Crippen molar-refractivity contribution in [3.63, 3.8) is 0 Å². The van der Waals surface area contributed by atoms with Gasteiger partial charge in [0.25, 0.3) is 0 Å². The van der Waals surface area contributed by atoms with Gasteiger partial charge in [-0.2, -0.15) is 0 Å². The van der Waals surface area contributed by atoms with E-state index in [0.717, 1.165) is 11.6 Å². The maximum atomic E-state index is 6.28. The zero-order valence-electron chi connectivity index (χ0n) is 11.7. The lowest BCUT2D eigenvalue weighted by molar-refractivity contribution is 0.479. The highest BCUT2D eigenvalue weighted by Gasteiger charge is 2.12. The molecule has 1 aromatic rings. The third kappa shape index (κ3) is 5.41. The lowest BCUT2D eigenvalue weighted by Gasteiger charge is -2.19. The van der Waals surface area contributed by atoms with Crippen molar-refractivity contribution in [1.82, 2.24) is 5.32 Å². The molecule has 102 valence electrons. The van der Waals surface area contributed by atoms with E-state index in [2.05, 4.69) is 31.3 Å². The van der Waals surface area contributed by atoms with Crippen molar-refractivity contribution in [3.8, 4) is 0 Å². The predicted octanol–water partition coefficient (Wildman–Crippen LogP) is 5.35. The van der Waals surface area contributed by atoms with Crippen LogP contribution in [0.5, 0.6) is 0 Å². The molecule has 0 aliphatic heterocycles. The van der Waals surface area contributed by atoms with Crippen LogP contribution in [0.25, 0.3) is 0 Å².